The summed E-state index contributed by atoms with van der Waals surface area (Å²) in [7, 11) is 0. The van der Waals surface area contributed by atoms with E-state index in [1.54, 1.807) is 23.1 Å². The van der Waals surface area contributed by atoms with Gasteiger partial charge in [-0.25, -0.2) is 4.98 Å². The Morgan fingerprint density at radius 2 is 1.71 bits per heavy atom. The molecule has 7 nitrogen and oxygen atoms in total. The van der Waals surface area contributed by atoms with Crippen molar-refractivity contribution in [3.05, 3.63) is 53.9 Å². The highest BCUT2D eigenvalue weighted by Gasteiger charge is 2.19. The van der Waals surface area contributed by atoms with Gasteiger partial charge in [-0.2, -0.15) is 0 Å². The van der Waals surface area contributed by atoms with Gasteiger partial charge in [0.25, 0.3) is 11.8 Å². The normalized spacial score (nSPS) is 13.9. The molecule has 0 atom stereocenters. The van der Waals surface area contributed by atoms with Crippen LogP contribution in [-0.4, -0.2) is 61.1 Å². The molecule has 1 N–H and O–H groups in total. The minimum atomic E-state index is -0.338. The second kappa shape index (κ2) is 9.32. The van der Waals surface area contributed by atoms with Crippen LogP contribution in [0.3, 0.4) is 0 Å². The maximum absolute atomic E-state index is 12.8. The molecule has 0 unspecified atom stereocenters. The molecular weight excluding hydrogens is 356 g/mol. The monoisotopic (exact) mass is 382 g/mol. The molecule has 1 aromatic carbocycles. The molecule has 0 radical (unpaired) electrons. The first-order chi connectivity index (χ1) is 13.6. The largest absolute Gasteiger partial charge is 0.378 e. The van der Waals surface area contributed by atoms with Gasteiger partial charge in [-0.3, -0.25) is 9.59 Å². The van der Waals surface area contributed by atoms with Gasteiger partial charge in [0, 0.05) is 26.2 Å². The first kappa shape index (κ1) is 19.8. The Labute approximate surface area is 165 Å². The van der Waals surface area contributed by atoms with Crippen molar-refractivity contribution in [2.24, 2.45) is 0 Å². The van der Waals surface area contributed by atoms with Gasteiger partial charge in [0.05, 0.1) is 24.6 Å². The van der Waals surface area contributed by atoms with E-state index in [0.29, 0.717) is 26.3 Å². The van der Waals surface area contributed by atoms with Gasteiger partial charge in [0.15, 0.2) is 0 Å². The Kier molecular flexibility index (Phi) is 6.60. The zero-order chi connectivity index (χ0) is 19.9. The number of nitrogens with zero attached hydrogens (tertiary/aromatic N) is 3. The van der Waals surface area contributed by atoms with Crippen molar-refractivity contribution in [1.82, 2.24) is 9.88 Å². The van der Waals surface area contributed by atoms with Crippen LogP contribution in [0.15, 0.2) is 42.5 Å². The van der Waals surface area contributed by atoms with Crippen molar-refractivity contribution in [3.8, 4) is 0 Å². The molecule has 1 fully saturated rings. The van der Waals surface area contributed by atoms with Crippen LogP contribution in [0.5, 0.6) is 0 Å². The molecule has 28 heavy (non-hydrogen) atoms. The van der Waals surface area contributed by atoms with Crippen LogP contribution >= 0.6 is 0 Å². The fraction of sp³-hybridized carbons (Fsp3) is 0.381. The third-order valence-electron chi connectivity index (χ3n) is 4.76. The van der Waals surface area contributed by atoms with Gasteiger partial charge in [0.1, 0.15) is 11.4 Å². The molecule has 148 valence electrons. The Morgan fingerprint density at radius 1 is 1.04 bits per heavy atom. The molecular formula is C21H26N4O3. The van der Waals surface area contributed by atoms with E-state index in [0.717, 1.165) is 24.5 Å². The number of hydrogen-bond acceptors (Lipinski definition) is 5. The lowest BCUT2D eigenvalue weighted by molar-refractivity contribution is 0.0767. The molecule has 1 aromatic heterocycles. The van der Waals surface area contributed by atoms with Crippen LogP contribution < -0.4 is 10.2 Å². The molecule has 1 aliphatic rings. The number of pyridine rings is 1. The second-order valence-electron chi connectivity index (χ2n) is 6.46. The molecule has 3 rings (SSSR count). The number of carbonyl (C=O) groups is 2. The summed E-state index contributed by atoms with van der Waals surface area (Å²) in [4.78, 5) is 33.5. The van der Waals surface area contributed by atoms with Gasteiger partial charge in [0.2, 0.25) is 0 Å². The van der Waals surface area contributed by atoms with Crippen molar-refractivity contribution in [2.75, 3.05) is 49.6 Å². The highest BCUT2D eigenvalue weighted by Crippen LogP contribution is 2.26. The van der Waals surface area contributed by atoms with Crippen LogP contribution in [0.1, 0.15) is 34.8 Å². The molecule has 2 heterocycles. The fourth-order valence-electron chi connectivity index (χ4n) is 3.20. The molecule has 7 heteroatoms. The summed E-state index contributed by atoms with van der Waals surface area (Å²) in [5.74, 6) is -0.511. The number of rotatable bonds is 6. The van der Waals surface area contributed by atoms with Crippen LogP contribution in [0.25, 0.3) is 0 Å². The number of carbonyl (C=O) groups excluding carboxylic acids is 2. The van der Waals surface area contributed by atoms with Crippen molar-refractivity contribution >= 4 is 23.2 Å². The summed E-state index contributed by atoms with van der Waals surface area (Å²) < 4.78 is 5.41. The van der Waals surface area contributed by atoms with Gasteiger partial charge in [-0.15, -0.1) is 0 Å². The van der Waals surface area contributed by atoms with Crippen LogP contribution in [-0.2, 0) is 4.74 Å². The Bertz CT molecular complexity index is 830. The summed E-state index contributed by atoms with van der Waals surface area (Å²) in [6, 6.07) is 12.6. The van der Waals surface area contributed by atoms with Gasteiger partial charge in [-0.05, 0) is 38.1 Å². The lowest BCUT2D eigenvalue weighted by Crippen LogP contribution is -2.36. The van der Waals surface area contributed by atoms with E-state index >= 15 is 0 Å². The SMILES string of the molecule is CCN(CC)C(=O)c1cccc(C(=O)Nc2ccccc2N2CCOCC2)n1. The molecule has 0 aliphatic carbocycles. The van der Waals surface area contributed by atoms with Crippen LogP contribution in [0, 0.1) is 0 Å². The quantitative estimate of drug-likeness (QED) is 0.831. The lowest BCUT2D eigenvalue weighted by atomic mass is 10.2. The van der Waals surface area contributed by atoms with Crippen molar-refractivity contribution in [1.29, 1.82) is 0 Å². The average molecular weight is 382 g/mol. The molecule has 2 amide bonds. The third kappa shape index (κ3) is 4.48. The number of ether oxygens (including phenoxy) is 1. The Hall–Kier alpha value is -2.93. The van der Waals surface area contributed by atoms with Crippen molar-refractivity contribution in [2.45, 2.75) is 13.8 Å². The molecule has 1 aliphatic heterocycles. The number of anilines is 2. The number of amides is 2. The van der Waals surface area contributed by atoms with E-state index in [-0.39, 0.29) is 23.2 Å². The first-order valence-electron chi connectivity index (χ1n) is 9.63. The molecule has 0 saturated carbocycles. The zero-order valence-corrected chi connectivity index (χ0v) is 16.4. The summed E-state index contributed by atoms with van der Waals surface area (Å²) in [6.45, 7) is 7.92. The number of hydrogen-bond donors (Lipinski definition) is 1. The summed E-state index contributed by atoms with van der Waals surface area (Å²) >= 11 is 0. The smallest absolute Gasteiger partial charge is 0.274 e. The van der Waals surface area contributed by atoms with Crippen molar-refractivity contribution in [3.63, 3.8) is 0 Å². The van der Waals surface area contributed by atoms with E-state index in [2.05, 4.69) is 15.2 Å². The number of aromatic nitrogens is 1. The molecule has 2 aromatic rings. The van der Waals surface area contributed by atoms with E-state index < -0.39 is 0 Å². The highest BCUT2D eigenvalue weighted by atomic mass is 16.5. The van der Waals surface area contributed by atoms with Crippen LogP contribution in [0.2, 0.25) is 0 Å². The molecule has 0 spiro atoms. The molecule has 1 saturated heterocycles. The third-order valence-corrected chi connectivity index (χ3v) is 4.76. The highest BCUT2D eigenvalue weighted by molar-refractivity contribution is 6.05. The number of benzene rings is 1. The number of para-hydroxylation sites is 2. The minimum Gasteiger partial charge on any atom is -0.378 e. The van der Waals surface area contributed by atoms with Gasteiger partial charge in [-0.1, -0.05) is 18.2 Å². The Balaban J connectivity index is 1.79. The summed E-state index contributed by atoms with van der Waals surface area (Å²) in [5, 5.41) is 2.94. The van der Waals surface area contributed by atoms with E-state index in [1.165, 1.54) is 0 Å². The van der Waals surface area contributed by atoms with E-state index in [1.807, 2.05) is 38.1 Å². The van der Waals surface area contributed by atoms with Gasteiger partial charge < -0.3 is 19.9 Å². The first-order valence-corrected chi connectivity index (χ1v) is 9.63. The predicted octanol–water partition coefficient (Wildman–Crippen LogP) is 2.65. The van der Waals surface area contributed by atoms with Crippen LogP contribution in [0.4, 0.5) is 11.4 Å². The maximum atomic E-state index is 12.8. The minimum absolute atomic E-state index is 0.173. The second-order valence-corrected chi connectivity index (χ2v) is 6.46. The topological polar surface area (TPSA) is 74.8 Å². The van der Waals surface area contributed by atoms with E-state index in [4.69, 9.17) is 4.74 Å². The van der Waals surface area contributed by atoms with Crippen molar-refractivity contribution < 1.29 is 14.3 Å². The van der Waals surface area contributed by atoms with E-state index in [9.17, 15) is 9.59 Å². The summed E-state index contributed by atoms with van der Waals surface area (Å²) in [6.07, 6.45) is 0. The zero-order valence-electron chi connectivity index (χ0n) is 16.4. The summed E-state index contributed by atoms with van der Waals surface area (Å²) in [5.41, 5.74) is 2.17. The van der Waals surface area contributed by atoms with Gasteiger partial charge >= 0.3 is 0 Å². The maximum Gasteiger partial charge on any atom is 0.274 e. The number of nitrogens with one attached hydrogen (secondary N) is 1. The Morgan fingerprint density at radius 3 is 2.43 bits per heavy atom. The fourth-order valence-corrected chi connectivity index (χ4v) is 3.20. The lowest BCUT2D eigenvalue weighted by Gasteiger charge is -2.30. The average Bonchev–Trinajstić information content (AvgIpc) is 2.75. The standard InChI is InChI=1S/C21H26N4O3/c1-3-24(4-2)21(27)18-10-7-9-17(22-18)20(26)23-16-8-5-6-11-19(16)25-12-14-28-15-13-25/h5-11H,3-4,12-15H2,1-2H3,(H,23,26). The molecule has 0 bridgehead atoms. The number of morpholine rings is 1. The predicted molar refractivity (Wildman–Crippen MR) is 109 cm³/mol.